The Bertz CT molecular complexity index is 393. The smallest absolute Gasteiger partial charge is 0.390 e. The zero-order valence-electron chi connectivity index (χ0n) is 10.6. The molecule has 1 nitrogen and oxygen atoms in total. The minimum atomic E-state index is -4.22. The molecule has 1 aromatic carbocycles. The Balaban J connectivity index is 2.55. The third-order valence-corrected chi connectivity index (χ3v) is 2.65. The summed E-state index contributed by atoms with van der Waals surface area (Å²) in [6.07, 6.45) is -5.16. The molecule has 1 aromatic rings. The lowest BCUT2D eigenvalue weighted by Crippen LogP contribution is -2.25. The summed E-state index contributed by atoms with van der Waals surface area (Å²) in [4.78, 5) is 0. The molecule has 0 aliphatic carbocycles. The Hall–Kier alpha value is -1.45. The van der Waals surface area contributed by atoms with Crippen LogP contribution in [0.25, 0.3) is 0 Å². The number of hydrogen-bond donors (Lipinski definition) is 0. The fourth-order valence-corrected chi connectivity index (χ4v) is 1.54. The average Bonchev–Trinajstić information content (AvgIpc) is 2.24. The number of halogens is 3. The van der Waals surface area contributed by atoms with Crippen LogP contribution in [0.15, 0.2) is 42.7 Å². The van der Waals surface area contributed by atoms with Crippen LogP contribution < -0.4 is 0 Å². The van der Waals surface area contributed by atoms with Crippen LogP contribution in [0.3, 0.4) is 0 Å². The maximum Gasteiger partial charge on any atom is 0.390 e. The lowest BCUT2D eigenvalue weighted by Gasteiger charge is -2.28. The maximum atomic E-state index is 12.4. The molecule has 0 aliphatic heterocycles. The molecule has 0 radical (unpaired) electrons. The van der Waals surface area contributed by atoms with Gasteiger partial charge in [-0.3, -0.25) is 0 Å². The van der Waals surface area contributed by atoms with Gasteiger partial charge in [0.15, 0.2) is 0 Å². The summed E-state index contributed by atoms with van der Waals surface area (Å²) in [5, 5.41) is 0. The second-order valence-electron chi connectivity index (χ2n) is 4.87. The second kappa shape index (κ2) is 5.46. The van der Waals surface area contributed by atoms with Gasteiger partial charge in [0, 0.05) is 5.41 Å². The summed E-state index contributed by atoms with van der Waals surface area (Å²) in [6, 6.07) is 9.27. The zero-order chi connectivity index (χ0) is 13.8. The minimum Gasteiger partial charge on any atom is -0.493 e. The van der Waals surface area contributed by atoms with Crippen LogP contribution in [0.4, 0.5) is 13.2 Å². The van der Waals surface area contributed by atoms with Crippen molar-refractivity contribution in [2.24, 2.45) is 5.41 Å². The van der Waals surface area contributed by atoms with Crippen LogP contribution in [0.2, 0.25) is 0 Å². The van der Waals surface area contributed by atoms with E-state index in [1.54, 1.807) is 0 Å². The molecular weight excluding hydrogens is 241 g/mol. The summed E-state index contributed by atoms with van der Waals surface area (Å²) in [5.41, 5.74) is -0.214. The van der Waals surface area contributed by atoms with Crippen LogP contribution in [0.5, 0.6) is 0 Å². The summed E-state index contributed by atoms with van der Waals surface area (Å²) in [7, 11) is 0. The first-order valence-corrected chi connectivity index (χ1v) is 5.63. The molecule has 0 spiro atoms. The van der Waals surface area contributed by atoms with Gasteiger partial charge in [0.2, 0.25) is 0 Å². The topological polar surface area (TPSA) is 9.23 Å². The van der Waals surface area contributed by atoms with Crippen molar-refractivity contribution in [1.29, 1.82) is 0 Å². The molecule has 0 heterocycles. The fourth-order valence-electron chi connectivity index (χ4n) is 1.54. The molecule has 0 aromatic heterocycles. The van der Waals surface area contributed by atoms with E-state index in [9.17, 15) is 13.2 Å². The van der Waals surface area contributed by atoms with E-state index < -0.39 is 18.0 Å². The number of rotatable bonds is 5. The third-order valence-electron chi connectivity index (χ3n) is 2.65. The maximum absolute atomic E-state index is 12.4. The van der Waals surface area contributed by atoms with Gasteiger partial charge in [0.1, 0.15) is 6.61 Å². The molecule has 0 saturated carbocycles. The number of ether oxygens (including phenoxy) is 1. The molecular formula is C14H17F3O. The van der Waals surface area contributed by atoms with E-state index in [4.69, 9.17) is 4.74 Å². The highest BCUT2D eigenvalue weighted by Gasteiger charge is 2.38. The van der Waals surface area contributed by atoms with E-state index in [1.807, 2.05) is 30.3 Å². The van der Waals surface area contributed by atoms with Crippen molar-refractivity contribution in [3.63, 3.8) is 0 Å². The van der Waals surface area contributed by atoms with Gasteiger partial charge in [-0.2, -0.15) is 13.2 Å². The van der Waals surface area contributed by atoms with Gasteiger partial charge in [0.25, 0.3) is 0 Å². The molecule has 0 atom stereocenters. The number of allylic oxidation sites excluding steroid dienone is 1. The van der Waals surface area contributed by atoms with E-state index in [2.05, 4.69) is 6.58 Å². The standard InChI is InChI=1S/C14H17F3O/c1-11(13(2,3)10-14(15,16)17)18-9-12-7-5-4-6-8-12/h4-8H,1,9-10H2,2-3H3. The number of alkyl halides is 3. The quantitative estimate of drug-likeness (QED) is 0.696. The monoisotopic (exact) mass is 258 g/mol. The van der Waals surface area contributed by atoms with E-state index in [1.165, 1.54) is 13.8 Å². The highest BCUT2D eigenvalue weighted by Crippen LogP contribution is 2.38. The van der Waals surface area contributed by atoms with Crippen molar-refractivity contribution >= 4 is 0 Å². The molecule has 0 unspecified atom stereocenters. The van der Waals surface area contributed by atoms with E-state index in [0.717, 1.165) is 5.56 Å². The average molecular weight is 258 g/mol. The van der Waals surface area contributed by atoms with Crippen LogP contribution in [0.1, 0.15) is 25.8 Å². The van der Waals surface area contributed by atoms with E-state index >= 15 is 0 Å². The normalized spacial score (nSPS) is 12.3. The van der Waals surface area contributed by atoms with Crippen molar-refractivity contribution in [2.75, 3.05) is 0 Å². The molecule has 4 heteroatoms. The Kier molecular flexibility index (Phi) is 4.43. The van der Waals surface area contributed by atoms with Crippen molar-refractivity contribution in [2.45, 2.75) is 33.1 Å². The van der Waals surface area contributed by atoms with Crippen molar-refractivity contribution in [3.8, 4) is 0 Å². The van der Waals surface area contributed by atoms with Gasteiger partial charge in [-0.1, -0.05) is 50.8 Å². The number of benzene rings is 1. The Labute approximate surface area is 105 Å². The molecule has 100 valence electrons. The van der Waals surface area contributed by atoms with Gasteiger partial charge >= 0.3 is 6.18 Å². The first-order chi connectivity index (χ1) is 8.21. The van der Waals surface area contributed by atoms with Gasteiger partial charge in [-0.25, -0.2) is 0 Å². The first kappa shape index (κ1) is 14.6. The molecule has 18 heavy (non-hydrogen) atoms. The third kappa shape index (κ3) is 4.82. The van der Waals surface area contributed by atoms with Crippen LogP contribution in [0, 0.1) is 5.41 Å². The molecule has 0 N–H and O–H groups in total. The van der Waals surface area contributed by atoms with Crippen LogP contribution >= 0.6 is 0 Å². The highest BCUT2D eigenvalue weighted by atomic mass is 19.4. The van der Waals surface area contributed by atoms with E-state index in [-0.39, 0.29) is 12.4 Å². The Morgan fingerprint density at radius 1 is 1.17 bits per heavy atom. The minimum absolute atomic E-state index is 0.156. The SMILES string of the molecule is C=C(OCc1ccccc1)C(C)(C)CC(F)(F)F. The van der Waals surface area contributed by atoms with Crippen LogP contribution in [-0.4, -0.2) is 6.18 Å². The summed E-state index contributed by atoms with van der Waals surface area (Å²) in [5.74, 6) is 0.156. The number of hydrogen-bond acceptors (Lipinski definition) is 1. The summed E-state index contributed by atoms with van der Waals surface area (Å²) >= 11 is 0. The largest absolute Gasteiger partial charge is 0.493 e. The molecule has 0 saturated heterocycles. The van der Waals surface area contributed by atoms with Crippen molar-refractivity contribution in [3.05, 3.63) is 48.2 Å². The lowest BCUT2D eigenvalue weighted by molar-refractivity contribution is -0.154. The molecule has 1 rings (SSSR count). The van der Waals surface area contributed by atoms with Crippen molar-refractivity contribution < 1.29 is 17.9 Å². The predicted octanol–water partition coefficient (Wildman–Crippen LogP) is 4.70. The van der Waals surface area contributed by atoms with Gasteiger partial charge in [0.05, 0.1) is 12.2 Å². The Morgan fingerprint density at radius 2 is 1.72 bits per heavy atom. The van der Waals surface area contributed by atoms with Gasteiger partial charge < -0.3 is 4.74 Å². The Morgan fingerprint density at radius 3 is 2.22 bits per heavy atom. The summed E-state index contributed by atoms with van der Waals surface area (Å²) in [6.45, 7) is 6.80. The first-order valence-electron chi connectivity index (χ1n) is 5.63. The van der Waals surface area contributed by atoms with Crippen LogP contribution in [-0.2, 0) is 11.3 Å². The predicted molar refractivity (Wildman–Crippen MR) is 64.8 cm³/mol. The summed E-state index contributed by atoms with van der Waals surface area (Å²) < 4.78 is 42.5. The molecule has 0 amide bonds. The fraction of sp³-hybridized carbons (Fsp3) is 0.429. The second-order valence-corrected chi connectivity index (χ2v) is 4.87. The van der Waals surface area contributed by atoms with Gasteiger partial charge in [-0.15, -0.1) is 0 Å². The zero-order valence-corrected chi connectivity index (χ0v) is 10.6. The lowest BCUT2D eigenvalue weighted by atomic mass is 9.87. The van der Waals surface area contributed by atoms with Gasteiger partial charge in [-0.05, 0) is 5.56 Å². The van der Waals surface area contributed by atoms with E-state index in [0.29, 0.717) is 0 Å². The molecule has 0 aliphatic rings. The highest BCUT2D eigenvalue weighted by molar-refractivity contribution is 5.14. The van der Waals surface area contributed by atoms with Crippen molar-refractivity contribution in [1.82, 2.24) is 0 Å². The molecule has 0 fully saturated rings. The molecule has 0 bridgehead atoms.